The number of rotatable bonds is 0. The highest BCUT2D eigenvalue weighted by Gasteiger charge is 1.93. The van der Waals surface area contributed by atoms with E-state index in [0.29, 0.717) is 0 Å². The second-order valence-corrected chi connectivity index (χ2v) is 2.34. The molecule has 1 aromatic carbocycles. The molecule has 0 fully saturated rings. The van der Waals surface area contributed by atoms with Gasteiger partial charge in [-0.15, -0.1) is 0 Å². The fraction of sp³-hybridized carbons (Fsp3) is 0. The zero-order valence-electron chi connectivity index (χ0n) is 5.79. The molecule has 0 saturated heterocycles. The van der Waals surface area contributed by atoms with Crippen molar-refractivity contribution in [3.8, 4) is 0 Å². The molecule has 0 aliphatic heterocycles. The SMILES string of the molecule is [18F]c1ccc2ncccc2c1. The highest BCUT2D eigenvalue weighted by Crippen LogP contribution is 2.11. The Labute approximate surface area is 63.5 Å². The maximum absolute atomic E-state index is 12.6. The summed E-state index contributed by atoms with van der Waals surface area (Å²) in [7, 11) is 0. The van der Waals surface area contributed by atoms with Crippen molar-refractivity contribution in [2.45, 2.75) is 0 Å². The molecule has 2 aromatic rings. The Morgan fingerprint density at radius 2 is 2.09 bits per heavy atom. The molecule has 0 radical (unpaired) electrons. The quantitative estimate of drug-likeness (QED) is 0.556. The molecule has 1 heterocycles. The first-order valence-corrected chi connectivity index (χ1v) is 3.36. The van der Waals surface area contributed by atoms with E-state index >= 15 is 0 Å². The number of halogens is 1. The summed E-state index contributed by atoms with van der Waals surface area (Å²) < 4.78 is 12.6. The average Bonchev–Trinajstić information content (AvgIpc) is 2.04. The van der Waals surface area contributed by atoms with Crippen LogP contribution in [-0.2, 0) is 0 Å². The molecule has 0 spiro atoms. The van der Waals surface area contributed by atoms with Gasteiger partial charge in [0.05, 0.1) is 5.52 Å². The minimum atomic E-state index is -0.217. The van der Waals surface area contributed by atoms with Gasteiger partial charge in [-0.25, -0.2) is 4.39 Å². The third kappa shape index (κ3) is 1.07. The van der Waals surface area contributed by atoms with Gasteiger partial charge in [0.15, 0.2) is 0 Å². The molecule has 0 unspecified atom stereocenters. The Morgan fingerprint density at radius 3 is 3.00 bits per heavy atom. The van der Waals surface area contributed by atoms with E-state index < -0.39 is 0 Å². The standard InChI is InChI=1S/C9H6FN/c10-8-3-4-9-7(6-8)2-1-5-11-9/h1-6H/i10-1. The fourth-order valence-corrected chi connectivity index (χ4v) is 1.05. The van der Waals surface area contributed by atoms with Crippen molar-refractivity contribution in [3.63, 3.8) is 0 Å². The van der Waals surface area contributed by atoms with Gasteiger partial charge in [0.1, 0.15) is 5.82 Å². The normalized spacial score (nSPS) is 10.3. The first kappa shape index (κ1) is 6.28. The lowest BCUT2D eigenvalue weighted by Gasteiger charge is -1.93. The van der Waals surface area contributed by atoms with Crippen LogP contribution in [-0.4, -0.2) is 4.98 Å². The number of aromatic nitrogens is 1. The molecule has 0 atom stereocenters. The Balaban J connectivity index is 2.83. The van der Waals surface area contributed by atoms with E-state index in [9.17, 15) is 4.39 Å². The number of pyridine rings is 1. The smallest absolute Gasteiger partial charge is 0.123 e. The molecule has 0 aliphatic rings. The molecule has 0 saturated carbocycles. The summed E-state index contributed by atoms with van der Waals surface area (Å²) in [6.45, 7) is 0. The third-order valence-electron chi connectivity index (χ3n) is 1.57. The van der Waals surface area contributed by atoms with Crippen LogP contribution in [0.25, 0.3) is 10.9 Å². The lowest BCUT2D eigenvalue weighted by Crippen LogP contribution is -1.78. The highest BCUT2D eigenvalue weighted by atomic mass is 18.2. The molecule has 1 nitrogen and oxygen atoms in total. The summed E-state index contributed by atoms with van der Waals surface area (Å²) in [6.07, 6.45) is 1.69. The zero-order chi connectivity index (χ0) is 7.68. The number of hydrogen-bond acceptors (Lipinski definition) is 1. The third-order valence-corrected chi connectivity index (χ3v) is 1.57. The lowest BCUT2D eigenvalue weighted by molar-refractivity contribution is 0.629. The summed E-state index contributed by atoms with van der Waals surface area (Å²) in [4.78, 5) is 4.06. The van der Waals surface area contributed by atoms with Crippen LogP contribution < -0.4 is 0 Å². The number of benzene rings is 1. The lowest BCUT2D eigenvalue weighted by atomic mass is 10.2. The van der Waals surface area contributed by atoms with Gasteiger partial charge in [0.25, 0.3) is 0 Å². The van der Waals surface area contributed by atoms with Gasteiger partial charge in [0.2, 0.25) is 0 Å². The van der Waals surface area contributed by atoms with Crippen molar-refractivity contribution in [2.24, 2.45) is 0 Å². The Morgan fingerprint density at radius 1 is 1.18 bits per heavy atom. The van der Waals surface area contributed by atoms with Crippen LogP contribution >= 0.6 is 0 Å². The van der Waals surface area contributed by atoms with Crippen LogP contribution in [0.2, 0.25) is 0 Å². The minimum Gasteiger partial charge on any atom is -0.256 e. The van der Waals surface area contributed by atoms with E-state index in [1.807, 2.05) is 6.07 Å². The Bertz CT molecular complexity index is 384. The van der Waals surface area contributed by atoms with Crippen LogP contribution in [0.4, 0.5) is 4.39 Å². The highest BCUT2D eigenvalue weighted by molar-refractivity contribution is 5.77. The predicted octanol–water partition coefficient (Wildman–Crippen LogP) is 2.37. The maximum Gasteiger partial charge on any atom is 0.123 e. The van der Waals surface area contributed by atoms with Gasteiger partial charge < -0.3 is 0 Å². The van der Waals surface area contributed by atoms with Gasteiger partial charge in [-0.3, -0.25) is 4.98 Å². The summed E-state index contributed by atoms with van der Waals surface area (Å²) in [6, 6.07) is 8.19. The molecule has 0 N–H and O–H groups in total. The topological polar surface area (TPSA) is 12.9 Å². The van der Waals surface area contributed by atoms with Crippen molar-refractivity contribution in [1.82, 2.24) is 4.98 Å². The van der Waals surface area contributed by atoms with Gasteiger partial charge in [-0.2, -0.15) is 0 Å². The summed E-state index contributed by atoms with van der Waals surface area (Å²) in [5, 5.41) is 0.840. The van der Waals surface area contributed by atoms with E-state index in [0.717, 1.165) is 10.9 Å². The molecule has 0 amide bonds. The number of hydrogen-bond donors (Lipinski definition) is 0. The molecule has 0 bridgehead atoms. The second-order valence-electron chi connectivity index (χ2n) is 2.34. The summed E-state index contributed by atoms with van der Waals surface area (Å²) >= 11 is 0. The van der Waals surface area contributed by atoms with E-state index in [-0.39, 0.29) is 5.82 Å². The van der Waals surface area contributed by atoms with Crippen molar-refractivity contribution in [1.29, 1.82) is 0 Å². The first-order chi connectivity index (χ1) is 5.36. The Kier molecular flexibility index (Phi) is 1.32. The number of nitrogens with zero attached hydrogens (tertiary/aromatic N) is 1. The molecule has 0 aliphatic carbocycles. The monoisotopic (exact) mass is 146 g/mol. The van der Waals surface area contributed by atoms with E-state index in [1.165, 1.54) is 12.1 Å². The summed E-state index contributed by atoms with van der Waals surface area (Å²) in [5.41, 5.74) is 0.828. The molecule has 54 valence electrons. The zero-order valence-corrected chi connectivity index (χ0v) is 5.79. The Hall–Kier alpha value is -1.44. The second kappa shape index (κ2) is 2.31. The maximum atomic E-state index is 12.6. The van der Waals surface area contributed by atoms with Crippen LogP contribution in [0.1, 0.15) is 0 Å². The average molecular weight is 146 g/mol. The predicted molar refractivity (Wildman–Crippen MR) is 41.7 cm³/mol. The van der Waals surface area contributed by atoms with E-state index in [1.54, 1.807) is 18.3 Å². The van der Waals surface area contributed by atoms with Gasteiger partial charge >= 0.3 is 0 Å². The van der Waals surface area contributed by atoms with Crippen molar-refractivity contribution >= 4 is 10.9 Å². The van der Waals surface area contributed by atoms with Gasteiger partial charge in [-0.05, 0) is 24.3 Å². The van der Waals surface area contributed by atoms with Gasteiger partial charge in [0, 0.05) is 11.6 Å². The minimum absolute atomic E-state index is 0.217. The van der Waals surface area contributed by atoms with Crippen molar-refractivity contribution in [2.75, 3.05) is 0 Å². The van der Waals surface area contributed by atoms with Crippen LogP contribution in [0, 0.1) is 5.82 Å². The molecular formula is C9H6FN. The molecule has 1 aromatic heterocycles. The van der Waals surface area contributed by atoms with Gasteiger partial charge in [-0.1, -0.05) is 6.07 Å². The van der Waals surface area contributed by atoms with E-state index in [2.05, 4.69) is 4.98 Å². The molecule has 11 heavy (non-hydrogen) atoms. The number of fused-ring (bicyclic) bond motifs is 1. The fourth-order valence-electron chi connectivity index (χ4n) is 1.05. The molecule has 2 heteroatoms. The largest absolute Gasteiger partial charge is 0.256 e. The summed E-state index contributed by atoms with van der Waals surface area (Å²) in [5.74, 6) is -0.217. The van der Waals surface area contributed by atoms with E-state index in [4.69, 9.17) is 0 Å². The molecule has 2 rings (SSSR count). The van der Waals surface area contributed by atoms with Crippen LogP contribution in [0.3, 0.4) is 0 Å². The molecular weight excluding hydrogens is 140 g/mol. The van der Waals surface area contributed by atoms with Crippen LogP contribution in [0.15, 0.2) is 36.5 Å². The van der Waals surface area contributed by atoms with Crippen molar-refractivity contribution in [3.05, 3.63) is 42.3 Å². The first-order valence-electron chi connectivity index (χ1n) is 3.36. The van der Waals surface area contributed by atoms with Crippen LogP contribution in [0.5, 0.6) is 0 Å². The van der Waals surface area contributed by atoms with Crippen molar-refractivity contribution < 1.29 is 4.39 Å².